The van der Waals surface area contributed by atoms with E-state index in [0.29, 0.717) is 18.6 Å². The number of ether oxygens (including phenoxy) is 1. The van der Waals surface area contributed by atoms with Crippen LogP contribution in [0.4, 0.5) is 0 Å². The van der Waals surface area contributed by atoms with Gasteiger partial charge in [0.2, 0.25) is 0 Å². The highest BCUT2D eigenvalue weighted by Gasteiger charge is 1.99. The number of nitriles is 1. The molecule has 0 aliphatic carbocycles. The molecule has 0 aliphatic heterocycles. The maximum Gasteiger partial charge on any atom is 0.130 e. The number of aryl methyl sites for hydroxylation is 1. The zero-order chi connectivity index (χ0) is 15.1. The van der Waals surface area contributed by atoms with Gasteiger partial charge in [0.15, 0.2) is 0 Å². The lowest BCUT2D eigenvalue weighted by molar-refractivity contribution is -0.116. The number of carbonyl (C=O) groups is 1. The Bertz CT molecular complexity index is 636. The SMILES string of the molecule is CC(=O)CCc1ccc(OCc2ccc(C#N)cc2)cc1. The highest BCUT2D eigenvalue weighted by molar-refractivity contribution is 5.75. The van der Waals surface area contributed by atoms with E-state index < -0.39 is 0 Å². The maximum absolute atomic E-state index is 10.9. The van der Waals surface area contributed by atoms with Crippen LogP contribution < -0.4 is 4.74 Å². The Balaban J connectivity index is 1.88. The molecule has 2 aromatic rings. The lowest BCUT2D eigenvalue weighted by Gasteiger charge is -2.07. The molecule has 0 N–H and O–H groups in total. The molecular weight excluding hydrogens is 262 g/mol. The molecule has 0 unspecified atom stereocenters. The van der Waals surface area contributed by atoms with Crippen molar-refractivity contribution in [2.75, 3.05) is 0 Å². The van der Waals surface area contributed by atoms with Crippen LogP contribution in [0.1, 0.15) is 30.0 Å². The number of Topliss-reactive ketones (excluding diaryl/α,β-unsaturated/α-hetero) is 1. The number of hydrogen-bond donors (Lipinski definition) is 0. The topological polar surface area (TPSA) is 50.1 Å². The highest BCUT2D eigenvalue weighted by Crippen LogP contribution is 2.15. The zero-order valence-electron chi connectivity index (χ0n) is 12.0. The molecule has 0 saturated heterocycles. The summed E-state index contributed by atoms with van der Waals surface area (Å²) < 4.78 is 5.70. The molecule has 2 aromatic carbocycles. The Kier molecular flexibility index (Phi) is 5.11. The van der Waals surface area contributed by atoms with Gasteiger partial charge in [-0.2, -0.15) is 5.26 Å². The molecule has 0 saturated carbocycles. The quantitative estimate of drug-likeness (QED) is 0.810. The second kappa shape index (κ2) is 7.25. The Morgan fingerprint density at radius 3 is 2.24 bits per heavy atom. The maximum atomic E-state index is 10.9. The summed E-state index contributed by atoms with van der Waals surface area (Å²) in [6, 6.07) is 17.2. The molecule has 106 valence electrons. The van der Waals surface area contributed by atoms with Gasteiger partial charge >= 0.3 is 0 Å². The summed E-state index contributed by atoms with van der Waals surface area (Å²) in [6.45, 7) is 2.08. The van der Waals surface area contributed by atoms with Crippen molar-refractivity contribution in [2.24, 2.45) is 0 Å². The van der Waals surface area contributed by atoms with Crippen molar-refractivity contribution in [3.05, 3.63) is 65.2 Å². The minimum absolute atomic E-state index is 0.205. The lowest BCUT2D eigenvalue weighted by Crippen LogP contribution is -1.96. The predicted octanol–water partition coefficient (Wildman–Crippen LogP) is 3.66. The van der Waals surface area contributed by atoms with Gasteiger partial charge < -0.3 is 9.53 Å². The third-order valence-electron chi connectivity index (χ3n) is 3.18. The first-order valence-corrected chi connectivity index (χ1v) is 6.87. The van der Waals surface area contributed by atoms with E-state index in [0.717, 1.165) is 23.3 Å². The van der Waals surface area contributed by atoms with E-state index in [1.54, 1.807) is 19.1 Å². The van der Waals surface area contributed by atoms with Crippen molar-refractivity contribution < 1.29 is 9.53 Å². The molecule has 0 aromatic heterocycles. The van der Waals surface area contributed by atoms with Crippen molar-refractivity contribution in [2.45, 2.75) is 26.4 Å². The standard InChI is InChI=1S/C18H17NO2/c1-14(20)2-3-15-8-10-18(11-9-15)21-13-17-6-4-16(12-19)5-7-17/h4-11H,2-3,13H2,1H3. The van der Waals surface area contributed by atoms with E-state index in [9.17, 15) is 4.79 Å². The molecule has 0 spiro atoms. The van der Waals surface area contributed by atoms with Gasteiger partial charge in [-0.25, -0.2) is 0 Å². The van der Waals surface area contributed by atoms with Crippen LogP contribution >= 0.6 is 0 Å². The van der Waals surface area contributed by atoms with E-state index in [1.807, 2.05) is 36.4 Å². The number of hydrogen-bond acceptors (Lipinski definition) is 3. The summed E-state index contributed by atoms with van der Waals surface area (Å²) in [7, 11) is 0. The second-order valence-electron chi connectivity index (χ2n) is 4.94. The van der Waals surface area contributed by atoms with Gasteiger partial charge in [-0.15, -0.1) is 0 Å². The van der Waals surface area contributed by atoms with E-state index >= 15 is 0 Å². The summed E-state index contributed by atoms with van der Waals surface area (Å²) in [5.41, 5.74) is 2.80. The summed E-state index contributed by atoms with van der Waals surface area (Å²) in [4.78, 5) is 10.9. The summed E-state index contributed by atoms with van der Waals surface area (Å²) in [5, 5.41) is 8.74. The highest BCUT2D eigenvalue weighted by atomic mass is 16.5. The van der Waals surface area contributed by atoms with Crippen molar-refractivity contribution in [3.8, 4) is 11.8 Å². The molecule has 3 nitrogen and oxygen atoms in total. The van der Waals surface area contributed by atoms with Gasteiger partial charge in [0.25, 0.3) is 0 Å². The normalized spacial score (nSPS) is 9.90. The van der Waals surface area contributed by atoms with Crippen LogP contribution in [0.25, 0.3) is 0 Å². The van der Waals surface area contributed by atoms with Crippen LogP contribution in [0.15, 0.2) is 48.5 Å². The minimum atomic E-state index is 0.205. The largest absolute Gasteiger partial charge is 0.489 e. The first-order chi connectivity index (χ1) is 10.2. The first-order valence-electron chi connectivity index (χ1n) is 6.87. The first kappa shape index (κ1) is 14.8. The summed E-state index contributed by atoms with van der Waals surface area (Å²) >= 11 is 0. The van der Waals surface area contributed by atoms with Gasteiger partial charge in [-0.1, -0.05) is 24.3 Å². The molecule has 0 heterocycles. The van der Waals surface area contributed by atoms with Crippen LogP contribution in [-0.4, -0.2) is 5.78 Å². The molecule has 0 aliphatic rings. The van der Waals surface area contributed by atoms with Crippen LogP contribution in [-0.2, 0) is 17.8 Å². The number of carbonyl (C=O) groups excluding carboxylic acids is 1. The van der Waals surface area contributed by atoms with Gasteiger partial charge in [-0.05, 0) is 48.7 Å². The summed E-state index contributed by atoms with van der Waals surface area (Å²) in [5.74, 6) is 1.00. The fourth-order valence-corrected chi connectivity index (χ4v) is 1.91. The van der Waals surface area contributed by atoms with Crippen LogP contribution in [0.5, 0.6) is 5.75 Å². The number of ketones is 1. The molecule has 0 atom stereocenters. The van der Waals surface area contributed by atoms with Crippen molar-refractivity contribution in [1.29, 1.82) is 5.26 Å². The Hall–Kier alpha value is -2.60. The van der Waals surface area contributed by atoms with Crippen LogP contribution in [0, 0.1) is 11.3 Å². The fourth-order valence-electron chi connectivity index (χ4n) is 1.91. The second-order valence-corrected chi connectivity index (χ2v) is 4.94. The smallest absolute Gasteiger partial charge is 0.130 e. The van der Waals surface area contributed by atoms with Crippen LogP contribution in [0.3, 0.4) is 0 Å². The monoisotopic (exact) mass is 279 g/mol. The molecule has 3 heteroatoms. The molecule has 0 radical (unpaired) electrons. The number of nitrogens with zero attached hydrogens (tertiary/aromatic N) is 1. The predicted molar refractivity (Wildman–Crippen MR) is 80.9 cm³/mol. The number of benzene rings is 2. The van der Waals surface area contributed by atoms with Gasteiger partial charge in [0.1, 0.15) is 18.1 Å². The summed E-state index contributed by atoms with van der Waals surface area (Å²) in [6.07, 6.45) is 1.34. The molecule has 2 rings (SSSR count). The van der Waals surface area contributed by atoms with E-state index in [-0.39, 0.29) is 5.78 Å². The van der Waals surface area contributed by atoms with Gasteiger partial charge in [0.05, 0.1) is 11.6 Å². The average molecular weight is 279 g/mol. The van der Waals surface area contributed by atoms with E-state index in [1.165, 1.54) is 0 Å². The Morgan fingerprint density at radius 2 is 1.67 bits per heavy atom. The van der Waals surface area contributed by atoms with Crippen molar-refractivity contribution >= 4 is 5.78 Å². The minimum Gasteiger partial charge on any atom is -0.489 e. The Labute approximate surface area is 124 Å². The third-order valence-corrected chi connectivity index (χ3v) is 3.18. The molecule has 0 fully saturated rings. The molecule has 0 bridgehead atoms. The number of rotatable bonds is 6. The Morgan fingerprint density at radius 1 is 1.05 bits per heavy atom. The van der Waals surface area contributed by atoms with Gasteiger partial charge in [0, 0.05) is 6.42 Å². The third kappa shape index (κ3) is 4.77. The molecular formula is C18H17NO2. The van der Waals surface area contributed by atoms with Crippen molar-refractivity contribution in [1.82, 2.24) is 0 Å². The van der Waals surface area contributed by atoms with Gasteiger partial charge in [-0.3, -0.25) is 0 Å². The fraction of sp³-hybridized carbons (Fsp3) is 0.222. The van der Waals surface area contributed by atoms with E-state index in [2.05, 4.69) is 6.07 Å². The molecule has 0 amide bonds. The van der Waals surface area contributed by atoms with Crippen LogP contribution in [0.2, 0.25) is 0 Å². The van der Waals surface area contributed by atoms with E-state index in [4.69, 9.17) is 10.00 Å². The lowest BCUT2D eigenvalue weighted by atomic mass is 10.1. The average Bonchev–Trinajstić information content (AvgIpc) is 2.52. The van der Waals surface area contributed by atoms with Crippen molar-refractivity contribution in [3.63, 3.8) is 0 Å². The zero-order valence-corrected chi connectivity index (χ0v) is 12.0. The molecule has 21 heavy (non-hydrogen) atoms.